The van der Waals surface area contributed by atoms with Crippen LogP contribution >= 0.6 is 11.6 Å². The summed E-state index contributed by atoms with van der Waals surface area (Å²) < 4.78 is 30.7. The molecule has 0 atom stereocenters. The molecule has 0 aliphatic rings. The van der Waals surface area contributed by atoms with E-state index in [4.69, 9.17) is 22.9 Å². The number of rotatable bonds is 7. The number of hydrazine groups is 1. The van der Waals surface area contributed by atoms with Crippen molar-refractivity contribution in [2.24, 2.45) is 5.84 Å². The Morgan fingerprint density at radius 1 is 1.31 bits per heavy atom. The monoisotopic (exact) mass is 463 g/mol. The van der Waals surface area contributed by atoms with Gasteiger partial charge in [-0.3, -0.25) is 15.0 Å². The summed E-state index contributed by atoms with van der Waals surface area (Å²) in [6.07, 6.45) is 2.40. The lowest BCUT2D eigenvalue weighted by molar-refractivity contribution is -0.0530. The number of halogens is 3. The highest BCUT2D eigenvalue weighted by Gasteiger charge is 2.24. The van der Waals surface area contributed by atoms with Crippen LogP contribution in [0.2, 0.25) is 5.02 Å². The van der Waals surface area contributed by atoms with Crippen LogP contribution in [0.25, 0.3) is 5.82 Å². The lowest BCUT2D eigenvalue weighted by Crippen LogP contribution is -2.31. The first-order chi connectivity index (χ1) is 15.2. The van der Waals surface area contributed by atoms with Crippen molar-refractivity contribution < 1.29 is 23.1 Å². The summed E-state index contributed by atoms with van der Waals surface area (Å²) in [6, 6.07) is 6.92. The number of pyridine rings is 1. The molecule has 0 aliphatic carbocycles. The first-order valence-electron chi connectivity index (χ1n) is 8.88. The molecule has 0 saturated carbocycles. The molecule has 3 rings (SSSR count). The molecule has 0 fully saturated rings. The van der Waals surface area contributed by atoms with E-state index in [-0.39, 0.29) is 27.8 Å². The number of ether oxygens (including phenoxy) is 1. The number of nitrogens with one attached hydrogen (secondary N) is 3. The zero-order chi connectivity index (χ0) is 23.4. The smallest absolute Gasteiger partial charge is 0.388 e. The Hall–Kier alpha value is -3.90. The number of carbonyl (C=O) groups is 2. The van der Waals surface area contributed by atoms with Crippen LogP contribution in [0.4, 0.5) is 14.5 Å². The number of hydrogen-bond acceptors (Lipinski definition) is 7. The van der Waals surface area contributed by atoms with Crippen molar-refractivity contribution in [2.45, 2.75) is 13.5 Å². The minimum atomic E-state index is -3.18. The molecule has 2 heterocycles. The second-order valence-corrected chi connectivity index (χ2v) is 6.71. The van der Waals surface area contributed by atoms with Gasteiger partial charge in [-0.25, -0.2) is 15.5 Å². The molecule has 10 nitrogen and oxygen atoms in total. The van der Waals surface area contributed by atoms with E-state index < -0.39 is 24.3 Å². The van der Waals surface area contributed by atoms with E-state index in [9.17, 15) is 18.4 Å². The van der Waals surface area contributed by atoms with Gasteiger partial charge in [0.25, 0.3) is 11.8 Å². The van der Waals surface area contributed by atoms with Crippen molar-refractivity contribution in [3.8, 4) is 11.7 Å². The molecule has 32 heavy (non-hydrogen) atoms. The maximum absolute atomic E-state index is 13.1. The predicted octanol–water partition coefficient (Wildman–Crippen LogP) is 2.68. The lowest BCUT2D eigenvalue weighted by Gasteiger charge is -2.15. The van der Waals surface area contributed by atoms with Crippen molar-refractivity contribution >= 4 is 35.3 Å². The summed E-state index contributed by atoms with van der Waals surface area (Å²) in [5.74, 6) is 3.16. The molecular formula is C19H16ClF2N7O3. The molecule has 5 N–H and O–H groups in total. The molecule has 0 radical (unpaired) electrons. The third-order valence-electron chi connectivity index (χ3n) is 4.21. The normalized spacial score (nSPS) is 10.7. The van der Waals surface area contributed by atoms with E-state index in [2.05, 4.69) is 20.1 Å². The first-order valence-corrected chi connectivity index (χ1v) is 9.26. The maximum atomic E-state index is 13.1. The largest absolute Gasteiger partial charge is 0.415 e. The number of nitrogens with two attached hydrogens (primary N) is 1. The van der Waals surface area contributed by atoms with Gasteiger partial charge in [0, 0.05) is 18.5 Å². The minimum absolute atomic E-state index is 0.000710. The van der Waals surface area contributed by atoms with Gasteiger partial charge >= 0.3 is 6.61 Å². The van der Waals surface area contributed by atoms with Crippen molar-refractivity contribution in [1.82, 2.24) is 20.2 Å². The van der Waals surface area contributed by atoms with Crippen LogP contribution in [0.1, 0.15) is 32.0 Å². The maximum Gasteiger partial charge on any atom is 0.388 e. The molecule has 0 bridgehead atoms. The fourth-order valence-corrected chi connectivity index (χ4v) is 3.06. The quantitative estimate of drug-likeness (QED) is 0.183. The van der Waals surface area contributed by atoms with Crippen molar-refractivity contribution in [2.75, 3.05) is 5.32 Å². The Morgan fingerprint density at radius 2 is 2.06 bits per heavy atom. The summed E-state index contributed by atoms with van der Waals surface area (Å²) in [4.78, 5) is 29.3. The second kappa shape index (κ2) is 9.49. The number of nitrogen functional groups attached to an aromatic ring is 1. The molecule has 0 saturated heterocycles. The Balaban J connectivity index is 2.09. The molecule has 0 aliphatic heterocycles. The summed E-state index contributed by atoms with van der Waals surface area (Å²) in [7, 11) is 0. The Kier molecular flexibility index (Phi) is 6.76. The number of aromatic nitrogens is 3. The van der Waals surface area contributed by atoms with Gasteiger partial charge < -0.3 is 15.5 Å². The van der Waals surface area contributed by atoms with Gasteiger partial charge in [0.15, 0.2) is 5.82 Å². The number of anilines is 1. The molecule has 2 aromatic heterocycles. The summed E-state index contributed by atoms with van der Waals surface area (Å²) in [5.41, 5.74) is 2.67. The summed E-state index contributed by atoms with van der Waals surface area (Å²) in [6.45, 7) is -1.57. The molecule has 0 spiro atoms. The van der Waals surface area contributed by atoms with Crippen LogP contribution in [0.3, 0.4) is 0 Å². The van der Waals surface area contributed by atoms with Gasteiger partial charge in [0.1, 0.15) is 5.69 Å². The van der Waals surface area contributed by atoms with E-state index in [1.54, 1.807) is 13.0 Å². The van der Waals surface area contributed by atoms with Gasteiger partial charge in [-0.2, -0.15) is 8.78 Å². The highest BCUT2D eigenvalue weighted by Crippen LogP contribution is 2.26. The van der Waals surface area contributed by atoms with Crippen molar-refractivity contribution in [1.29, 1.82) is 5.41 Å². The third-order valence-corrected chi connectivity index (χ3v) is 4.50. The number of hydrogen-bond donors (Lipinski definition) is 4. The zero-order valence-electron chi connectivity index (χ0n) is 16.4. The fraction of sp³-hybridized carbons (Fsp3) is 0.105. The van der Waals surface area contributed by atoms with Crippen LogP contribution in [-0.4, -0.2) is 39.4 Å². The van der Waals surface area contributed by atoms with E-state index in [1.165, 1.54) is 24.4 Å². The number of nitrogens with zero attached hydrogens (tertiary/aromatic N) is 3. The molecule has 13 heteroatoms. The number of alkyl halides is 2. The van der Waals surface area contributed by atoms with Gasteiger partial charge in [-0.1, -0.05) is 11.6 Å². The second-order valence-electron chi connectivity index (χ2n) is 6.30. The molecule has 1 aromatic carbocycles. The SMILES string of the molecule is Cc1cc(C=N)cc(C(=O)NN)c1NC(=O)c1cc(OC(F)F)nn1-c1ncccc1Cl. The minimum Gasteiger partial charge on any atom is -0.415 e. The van der Waals surface area contributed by atoms with E-state index >= 15 is 0 Å². The van der Waals surface area contributed by atoms with Gasteiger partial charge in [0.2, 0.25) is 5.88 Å². The number of carbonyl (C=O) groups excluding carboxylic acids is 2. The average molecular weight is 464 g/mol. The van der Waals surface area contributed by atoms with Gasteiger partial charge in [-0.15, -0.1) is 5.10 Å². The van der Waals surface area contributed by atoms with Gasteiger partial charge in [0.05, 0.1) is 16.3 Å². The lowest BCUT2D eigenvalue weighted by atomic mass is 10.0. The van der Waals surface area contributed by atoms with Crippen LogP contribution in [-0.2, 0) is 0 Å². The zero-order valence-corrected chi connectivity index (χ0v) is 17.2. The molecule has 166 valence electrons. The Morgan fingerprint density at radius 3 is 2.69 bits per heavy atom. The Labute approximate surface area is 184 Å². The van der Waals surface area contributed by atoms with Crippen LogP contribution < -0.4 is 21.3 Å². The highest BCUT2D eigenvalue weighted by molar-refractivity contribution is 6.32. The highest BCUT2D eigenvalue weighted by atomic mass is 35.5. The number of aryl methyl sites for hydroxylation is 1. The van der Waals surface area contributed by atoms with Crippen molar-refractivity contribution in [3.05, 3.63) is 63.9 Å². The number of benzene rings is 1. The average Bonchev–Trinajstić information content (AvgIpc) is 3.17. The standard InChI is InChI=1S/C19H16ClF2N7O3/c1-9-5-10(8-23)6-11(17(30)27-24)15(9)26-18(31)13-7-14(32-19(21)22)28-29(13)16-12(20)3-2-4-25-16/h2-8,19,23H,24H2,1H3,(H,26,31)(H,27,30). The van der Waals surface area contributed by atoms with E-state index in [0.29, 0.717) is 11.1 Å². The topological polar surface area (TPSA) is 148 Å². The summed E-state index contributed by atoms with van der Waals surface area (Å²) >= 11 is 6.12. The Bertz CT molecular complexity index is 1200. The van der Waals surface area contributed by atoms with Gasteiger partial charge in [-0.05, 0) is 42.3 Å². The summed E-state index contributed by atoms with van der Waals surface area (Å²) in [5, 5.41) is 13.9. The van der Waals surface area contributed by atoms with Crippen LogP contribution in [0.5, 0.6) is 5.88 Å². The van der Waals surface area contributed by atoms with E-state index in [1.807, 2.05) is 5.43 Å². The third kappa shape index (κ3) is 4.71. The molecule has 2 amide bonds. The number of amides is 2. The fourth-order valence-electron chi connectivity index (χ4n) is 2.86. The van der Waals surface area contributed by atoms with Crippen molar-refractivity contribution in [3.63, 3.8) is 0 Å². The molecule has 0 unspecified atom stereocenters. The van der Waals surface area contributed by atoms with E-state index in [0.717, 1.165) is 17.0 Å². The molecular weight excluding hydrogens is 448 g/mol. The van der Waals surface area contributed by atoms with Crippen LogP contribution in [0, 0.1) is 12.3 Å². The predicted molar refractivity (Wildman–Crippen MR) is 112 cm³/mol. The van der Waals surface area contributed by atoms with Crippen LogP contribution in [0.15, 0.2) is 36.5 Å². The molecule has 3 aromatic rings. The first kappa shape index (κ1) is 22.8.